The van der Waals surface area contributed by atoms with Gasteiger partial charge in [0, 0.05) is 18.7 Å². The predicted molar refractivity (Wildman–Crippen MR) is 102 cm³/mol. The molecule has 2 aromatic carbocycles. The quantitative estimate of drug-likeness (QED) is 0.841. The standard InChI is InChI=1S/C21H24N2O4/c1-27-17-9-5-6-15(12-17)13-20(25)22-18-10-11-23(14-19(18)24)21(26)16-7-3-2-4-8-16/h2-9,12,18-19,24H,10-11,13-14H2,1H3,(H,22,25). The van der Waals surface area contributed by atoms with Crippen molar-refractivity contribution in [1.29, 1.82) is 0 Å². The molecule has 0 aliphatic carbocycles. The topological polar surface area (TPSA) is 78.9 Å². The van der Waals surface area contributed by atoms with E-state index in [0.29, 0.717) is 24.3 Å². The summed E-state index contributed by atoms with van der Waals surface area (Å²) in [5.74, 6) is 0.444. The molecule has 0 aromatic heterocycles. The monoisotopic (exact) mass is 368 g/mol. The van der Waals surface area contributed by atoms with Crippen LogP contribution in [0.4, 0.5) is 0 Å². The lowest BCUT2D eigenvalue weighted by Crippen LogP contribution is -2.55. The maximum absolute atomic E-state index is 12.5. The van der Waals surface area contributed by atoms with Crippen LogP contribution in [0.2, 0.25) is 0 Å². The highest BCUT2D eigenvalue weighted by Gasteiger charge is 2.31. The lowest BCUT2D eigenvalue weighted by atomic mass is 10.00. The fourth-order valence-electron chi connectivity index (χ4n) is 3.27. The fraction of sp³-hybridized carbons (Fsp3) is 0.333. The zero-order valence-electron chi connectivity index (χ0n) is 15.3. The van der Waals surface area contributed by atoms with Crippen LogP contribution in [-0.4, -0.2) is 54.2 Å². The number of amides is 2. The Balaban J connectivity index is 1.53. The van der Waals surface area contributed by atoms with Gasteiger partial charge < -0.3 is 20.1 Å². The SMILES string of the molecule is COc1cccc(CC(=O)NC2CCN(C(=O)c3ccccc3)CC2O)c1. The summed E-state index contributed by atoms with van der Waals surface area (Å²) in [6.45, 7) is 0.701. The van der Waals surface area contributed by atoms with Gasteiger partial charge in [0.25, 0.3) is 5.91 Å². The molecule has 2 amide bonds. The van der Waals surface area contributed by atoms with E-state index in [0.717, 1.165) is 5.56 Å². The number of piperidine rings is 1. The van der Waals surface area contributed by atoms with Gasteiger partial charge in [-0.15, -0.1) is 0 Å². The van der Waals surface area contributed by atoms with E-state index in [1.165, 1.54) is 0 Å². The van der Waals surface area contributed by atoms with Crippen molar-refractivity contribution in [2.24, 2.45) is 0 Å². The van der Waals surface area contributed by atoms with Gasteiger partial charge >= 0.3 is 0 Å². The van der Waals surface area contributed by atoms with Crippen molar-refractivity contribution < 1.29 is 19.4 Å². The van der Waals surface area contributed by atoms with Gasteiger partial charge in [0.15, 0.2) is 0 Å². The van der Waals surface area contributed by atoms with E-state index in [1.54, 1.807) is 24.1 Å². The highest BCUT2D eigenvalue weighted by Crippen LogP contribution is 2.16. The first kappa shape index (κ1) is 18.9. The minimum Gasteiger partial charge on any atom is -0.497 e. The Morgan fingerprint density at radius 2 is 1.96 bits per heavy atom. The number of aliphatic hydroxyl groups excluding tert-OH is 1. The summed E-state index contributed by atoms with van der Waals surface area (Å²) in [7, 11) is 1.58. The highest BCUT2D eigenvalue weighted by molar-refractivity contribution is 5.94. The first-order valence-corrected chi connectivity index (χ1v) is 9.01. The molecule has 0 bridgehead atoms. The van der Waals surface area contributed by atoms with Crippen LogP contribution in [0, 0.1) is 0 Å². The molecule has 142 valence electrons. The summed E-state index contributed by atoms with van der Waals surface area (Å²) < 4.78 is 5.16. The van der Waals surface area contributed by atoms with Crippen LogP contribution in [0.25, 0.3) is 0 Å². The van der Waals surface area contributed by atoms with E-state index in [9.17, 15) is 14.7 Å². The lowest BCUT2D eigenvalue weighted by Gasteiger charge is -2.36. The van der Waals surface area contributed by atoms with E-state index in [4.69, 9.17) is 4.74 Å². The molecule has 0 saturated carbocycles. The molecule has 0 spiro atoms. The molecule has 6 heteroatoms. The van der Waals surface area contributed by atoms with E-state index < -0.39 is 6.10 Å². The number of rotatable bonds is 5. The molecule has 2 atom stereocenters. The molecule has 1 aliphatic rings. The third kappa shape index (κ3) is 4.86. The molecule has 1 heterocycles. The molecular formula is C21H24N2O4. The fourth-order valence-corrected chi connectivity index (χ4v) is 3.27. The first-order chi connectivity index (χ1) is 13.1. The Labute approximate surface area is 158 Å². The summed E-state index contributed by atoms with van der Waals surface area (Å²) >= 11 is 0. The zero-order chi connectivity index (χ0) is 19.2. The van der Waals surface area contributed by atoms with Crippen molar-refractivity contribution in [2.45, 2.75) is 25.0 Å². The summed E-state index contributed by atoms with van der Waals surface area (Å²) in [5.41, 5.74) is 1.45. The molecule has 1 saturated heterocycles. The Bertz CT molecular complexity index is 794. The van der Waals surface area contributed by atoms with Gasteiger partial charge in [-0.2, -0.15) is 0 Å². The number of nitrogens with one attached hydrogen (secondary N) is 1. The van der Waals surface area contributed by atoms with E-state index in [2.05, 4.69) is 5.32 Å². The van der Waals surface area contributed by atoms with Crippen molar-refractivity contribution in [1.82, 2.24) is 10.2 Å². The second kappa shape index (κ2) is 8.68. The smallest absolute Gasteiger partial charge is 0.253 e. The number of carbonyl (C=O) groups is 2. The van der Waals surface area contributed by atoms with Crippen molar-refractivity contribution >= 4 is 11.8 Å². The zero-order valence-corrected chi connectivity index (χ0v) is 15.3. The number of hydrogen-bond donors (Lipinski definition) is 2. The number of likely N-dealkylation sites (tertiary alicyclic amines) is 1. The number of carbonyl (C=O) groups excluding carboxylic acids is 2. The van der Waals surface area contributed by atoms with Crippen LogP contribution >= 0.6 is 0 Å². The molecule has 2 N–H and O–H groups in total. The molecule has 2 unspecified atom stereocenters. The van der Waals surface area contributed by atoms with E-state index in [-0.39, 0.29) is 30.8 Å². The molecule has 3 rings (SSSR count). The van der Waals surface area contributed by atoms with Crippen LogP contribution in [0.15, 0.2) is 54.6 Å². The number of methoxy groups -OCH3 is 1. The summed E-state index contributed by atoms with van der Waals surface area (Å²) in [5, 5.41) is 13.3. The van der Waals surface area contributed by atoms with Crippen molar-refractivity contribution in [2.75, 3.05) is 20.2 Å². The second-order valence-electron chi connectivity index (χ2n) is 6.68. The number of ether oxygens (including phenoxy) is 1. The number of nitrogens with zero attached hydrogens (tertiary/aromatic N) is 1. The molecule has 27 heavy (non-hydrogen) atoms. The largest absolute Gasteiger partial charge is 0.497 e. The average Bonchev–Trinajstić information content (AvgIpc) is 2.69. The average molecular weight is 368 g/mol. The minimum atomic E-state index is -0.791. The molecular weight excluding hydrogens is 344 g/mol. The molecule has 1 fully saturated rings. The third-order valence-corrected chi connectivity index (χ3v) is 4.74. The molecule has 2 aromatic rings. The number of benzene rings is 2. The normalized spacial score (nSPS) is 19.4. The van der Waals surface area contributed by atoms with Crippen molar-refractivity contribution in [3.63, 3.8) is 0 Å². The maximum atomic E-state index is 12.5. The van der Waals surface area contributed by atoms with Gasteiger partial charge in [0.1, 0.15) is 5.75 Å². The van der Waals surface area contributed by atoms with Gasteiger partial charge in [-0.3, -0.25) is 9.59 Å². The van der Waals surface area contributed by atoms with Gasteiger partial charge in [-0.05, 0) is 36.2 Å². The Kier molecular flexibility index (Phi) is 6.08. The number of aliphatic hydroxyl groups is 1. The second-order valence-corrected chi connectivity index (χ2v) is 6.68. The third-order valence-electron chi connectivity index (χ3n) is 4.74. The molecule has 1 aliphatic heterocycles. The summed E-state index contributed by atoms with van der Waals surface area (Å²) in [4.78, 5) is 26.4. The Morgan fingerprint density at radius 1 is 1.19 bits per heavy atom. The van der Waals surface area contributed by atoms with Gasteiger partial charge in [-0.1, -0.05) is 30.3 Å². The minimum absolute atomic E-state index is 0.101. The van der Waals surface area contributed by atoms with Crippen LogP contribution in [0.3, 0.4) is 0 Å². The van der Waals surface area contributed by atoms with Crippen molar-refractivity contribution in [3.8, 4) is 5.75 Å². The molecule has 0 radical (unpaired) electrons. The summed E-state index contributed by atoms with van der Waals surface area (Å²) in [6, 6.07) is 16.0. The van der Waals surface area contributed by atoms with Crippen LogP contribution < -0.4 is 10.1 Å². The number of hydrogen-bond acceptors (Lipinski definition) is 4. The van der Waals surface area contributed by atoms with Crippen LogP contribution in [-0.2, 0) is 11.2 Å². The Morgan fingerprint density at radius 3 is 2.67 bits per heavy atom. The number of β-amino-alcohol motifs (C(OH)–C–C–N with tert-alkyl or cyclic N) is 1. The van der Waals surface area contributed by atoms with E-state index >= 15 is 0 Å². The maximum Gasteiger partial charge on any atom is 0.253 e. The van der Waals surface area contributed by atoms with Crippen molar-refractivity contribution in [3.05, 3.63) is 65.7 Å². The van der Waals surface area contributed by atoms with Gasteiger partial charge in [-0.25, -0.2) is 0 Å². The lowest BCUT2D eigenvalue weighted by molar-refractivity contribution is -0.122. The summed E-state index contributed by atoms with van der Waals surface area (Å²) in [6.07, 6.45) is -0.0582. The predicted octanol–water partition coefficient (Wildman–Crippen LogP) is 1.63. The molecule has 6 nitrogen and oxygen atoms in total. The van der Waals surface area contributed by atoms with Gasteiger partial charge in [0.2, 0.25) is 5.91 Å². The van der Waals surface area contributed by atoms with E-state index in [1.807, 2.05) is 42.5 Å². The van der Waals surface area contributed by atoms with Crippen LogP contribution in [0.5, 0.6) is 5.75 Å². The van der Waals surface area contributed by atoms with Crippen LogP contribution in [0.1, 0.15) is 22.3 Å². The Hall–Kier alpha value is -2.86. The highest BCUT2D eigenvalue weighted by atomic mass is 16.5. The first-order valence-electron chi connectivity index (χ1n) is 9.01. The van der Waals surface area contributed by atoms with Gasteiger partial charge in [0.05, 0.1) is 25.7 Å².